The van der Waals surface area contributed by atoms with E-state index in [1.54, 1.807) is 23.9 Å². The summed E-state index contributed by atoms with van der Waals surface area (Å²) in [4.78, 5) is 4.95. The molecule has 2 nitrogen and oxygen atoms in total. The summed E-state index contributed by atoms with van der Waals surface area (Å²) in [7, 11) is 0. The highest BCUT2D eigenvalue weighted by molar-refractivity contribution is 7.98. The Labute approximate surface area is 124 Å². The van der Waals surface area contributed by atoms with Crippen LogP contribution in [-0.2, 0) is 5.75 Å². The van der Waals surface area contributed by atoms with Gasteiger partial charge in [-0.25, -0.2) is 4.98 Å². The van der Waals surface area contributed by atoms with Crippen LogP contribution < -0.4 is 5.73 Å². The average molecular weight is 320 g/mol. The van der Waals surface area contributed by atoms with E-state index in [0.717, 1.165) is 10.5 Å². The number of nitrogen functional groups attached to an aromatic ring is 1. The van der Waals surface area contributed by atoms with E-state index in [-0.39, 0.29) is 0 Å². The van der Waals surface area contributed by atoms with Gasteiger partial charge in [0.25, 0.3) is 0 Å². The maximum atomic E-state index is 6.00. The highest BCUT2D eigenvalue weighted by Crippen LogP contribution is 2.31. The molecule has 0 aliphatic rings. The molecule has 94 valence electrons. The second-order valence-corrected chi connectivity index (χ2v) is 5.75. The van der Waals surface area contributed by atoms with Crippen LogP contribution in [0.4, 0.5) is 5.69 Å². The van der Waals surface area contributed by atoms with Gasteiger partial charge in [0.2, 0.25) is 0 Å². The molecule has 0 radical (unpaired) electrons. The van der Waals surface area contributed by atoms with Gasteiger partial charge in [0, 0.05) is 21.4 Å². The van der Waals surface area contributed by atoms with Gasteiger partial charge in [-0.05, 0) is 29.8 Å². The van der Waals surface area contributed by atoms with Gasteiger partial charge in [0.15, 0.2) is 0 Å². The summed E-state index contributed by atoms with van der Waals surface area (Å²) in [6.45, 7) is 0. The molecule has 1 heterocycles. The maximum absolute atomic E-state index is 6.00. The number of aromatic nitrogens is 1. The zero-order chi connectivity index (χ0) is 13.1. The molecule has 0 aliphatic carbocycles. The molecular formula is C12H9Cl3N2S. The molecule has 2 N–H and O–H groups in total. The van der Waals surface area contributed by atoms with Crippen LogP contribution in [0.15, 0.2) is 35.2 Å². The van der Waals surface area contributed by atoms with Gasteiger partial charge in [0.1, 0.15) is 10.3 Å². The second-order valence-electron chi connectivity index (χ2n) is 3.55. The molecule has 0 fully saturated rings. The van der Waals surface area contributed by atoms with Gasteiger partial charge >= 0.3 is 0 Å². The second kappa shape index (κ2) is 6.02. The minimum Gasteiger partial charge on any atom is -0.398 e. The summed E-state index contributed by atoms with van der Waals surface area (Å²) < 4.78 is 0. The Morgan fingerprint density at radius 2 is 1.89 bits per heavy atom. The normalized spacial score (nSPS) is 10.6. The van der Waals surface area contributed by atoms with Crippen molar-refractivity contribution in [3.05, 3.63) is 51.2 Å². The van der Waals surface area contributed by atoms with Gasteiger partial charge in [-0.1, -0.05) is 40.9 Å². The lowest BCUT2D eigenvalue weighted by Gasteiger charge is -2.07. The Hall–Kier alpha value is -0.610. The molecule has 0 unspecified atom stereocenters. The molecule has 1 aromatic carbocycles. The first-order valence-electron chi connectivity index (χ1n) is 5.05. The van der Waals surface area contributed by atoms with Gasteiger partial charge in [-0.3, -0.25) is 0 Å². The third-order valence-electron chi connectivity index (χ3n) is 2.25. The predicted octanol–water partition coefficient (Wildman–Crippen LogP) is 4.92. The van der Waals surface area contributed by atoms with E-state index in [1.807, 2.05) is 18.2 Å². The maximum Gasteiger partial charge on any atom is 0.134 e. The Morgan fingerprint density at radius 3 is 2.56 bits per heavy atom. The van der Waals surface area contributed by atoms with Gasteiger partial charge in [-0.2, -0.15) is 0 Å². The number of anilines is 1. The molecule has 0 bridgehead atoms. The van der Waals surface area contributed by atoms with Crippen LogP contribution >= 0.6 is 46.6 Å². The molecule has 1 aromatic heterocycles. The molecule has 0 aliphatic heterocycles. The summed E-state index contributed by atoms with van der Waals surface area (Å²) >= 11 is 19.2. The number of hydrogen-bond donors (Lipinski definition) is 1. The molecule has 0 atom stereocenters. The topological polar surface area (TPSA) is 38.9 Å². The SMILES string of the molecule is Nc1cc(Cl)ccc1SCc1ccc(Cl)nc1Cl. The molecule has 18 heavy (non-hydrogen) atoms. The number of hydrogen-bond acceptors (Lipinski definition) is 3. The summed E-state index contributed by atoms with van der Waals surface area (Å²) in [5, 5.41) is 1.44. The molecular weight excluding hydrogens is 311 g/mol. The number of rotatable bonds is 3. The van der Waals surface area contributed by atoms with Crippen LogP contribution in [0, 0.1) is 0 Å². The zero-order valence-corrected chi connectivity index (χ0v) is 12.2. The summed E-state index contributed by atoms with van der Waals surface area (Å²) in [6.07, 6.45) is 0. The average Bonchev–Trinajstić information content (AvgIpc) is 2.30. The van der Waals surface area contributed by atoms with Gasteiger partial charge in [-0.15, -0.1) is 11.8 Å². The van der Waals surface area contributed by atoms with Crippen molar-refractivity contribution in [1.82, 2.24) is 4.98 Å². The first-order valence-corrected chi connectivity index (χ1v) is 7.17. The smallest absolute Gasteiger partial charge is 0.134 e. The number of nitrogens with two attached hydrogens (primary N) is 1. The van der Waals surface area contributed by atoms with Crippen molar-refractivity contribution in [1.29, 1.82) is 0 Å². The van der Waals surface area contributed by atoms with Crippen LogP contribution in [0.5, 0.6) is 0 Å². The minimum absolute atomic E-state index is 0.389. The number of thioether (sulfide) groups is 1. The Morgan fingerprint density at radius 1 is 1.11 bits per heavy atom. The third kappa shape index (κ3) is 3.45. The monoisotopic (exact) mass is 318 g/mol. The molecule has 2 rings (SSSR count). The van der Waals surface area contributed by atoms with Crippen molar-refractivity contribution in [3.63, 3.8) is 0 Å². The lowest BCUT2D eigenvalue weighted by molar-refractivity contribution is 1.25. The third-order valence-corrected chi connectivity index (χ3v) is 4.16. The fraction of sp³-hybridized carbons (Fsp3) is 0.0833. The lowest BCUT2D eigenvalue weighted by atomic mass is 10.3. The Balaban J connectivity index is 2.11. The highest BCUT2D eigenvalue weighted by Gasteiger charge is 2.06. The standard InChI is InChI=1S/C12H9Cl3N2S/c13-8-2-3-10(9(16)5-8)18-6-7-1-4-11(14)17-12(7)15/h1-5H,6,16H2. The van der Waals surface area contributed by atoms with Gasteiger partial charge < -0.3 is 5.73 Å². The van der Waals surface area contributed by atoms with Crippen molar-refractivity contribution in [2.45, 2.75) is 10.6 Å². The quantitative estimate of drug-likeness (QED) is 0.496. The fourth-order valence-corrected chi connectivity index (χ4v) is 2.96. The first-order chi connectivity index (χ1) is 8.56. The fourth-order valence-electron chi connectivity index (χ4n) is 1.35. The van der Waals surface area contributed by atoms with Crippen molar-refractivity contribution >= 4 is 52.3 Å². The number of halogens is 3. The first kappa shape index (κ1) is 13.8. The van der Waals surface area contributed by atoms with Crippen molar-refractivity contribution in [2.75, 3.05) is 5.73 Å². The molecule has 6 heteroatoms. The highest BCUT2D eigenvalue weighted by atomic mass is 35.5. The van der Waals surface area contributed by atoms with E-state index < -0.39 is 0 Å². The summed E-state index contributed by atoms with van der Waals surface area (Å²) in [5.41, 5.74) is 7.45. The van der Waals surface area contributed by atoms with E-state index in [9.17, 15) is 0 Å². The molecule has 0 amide bonds. The number of benzene rings is 1. The predicted molar refractivity (Wildman–Crippen MR) is 79.7 cm³/mol. The number of pyridine rings is 1. The van der Waals surface area contributed by atoms with E-state index in [0.29, 0.717) is 26.8 Å². The van der Waals surface area contributed by atoms with Crippen LogP contribution in [0.3, 0.4) is 0 Å². The van der Waals surface area contributed by atoms with Gasteiger partial charge in [0.05, 0.1) is 0 Å². The zero-order valence-electron chi connectivity index (χ0n) is 9.16. The molecule has 0 saturated heterocycles. The summed E-state index contributed by atoms with van der Waals surface area (Å²) in [6, 6.07) is 9.00. The number of nitrogens with zero attached hydrogens (tertiary/aromatic N) is 1. The van der Waals surface area contributed by atoms with Crippen molar-refractivity contribution in [2.24, 2.45) is 0 Å². The molecule has 0 spiro atoms. The summed E-state index contributed by atoms with van der Waals surface area (Å²) in [5.74, 6) is 0.675. The Bertz CT molecular complexity index is 524. The van der Waals surface area contributed by atoms with Crippen LogP contribution in [0.2, 0.25) is 15.3 Å². The van der Waals surface area contributed by atoms with Crippen molar-refractivity contribution < 1.29 is 0 Å². The Kier molecular flexibility index (Phi) is 4.62. The lowest BCUT2D eigenvalue weighted by Crippen LogP contribution is -1.90. The van der Waals surface area contributed by atoms with E-state index in [4.69, 9.17) is 40.5 Å². The van der Waals surface area contributed by atoms with E-state index in [2.05, 4.69) is 4.98 Å². The van der Waals surface area contributed by atoms with Crippen LogP contribution in [0.1, 0.15) is 5.56 Å². The largest absolute Gasteiger partial charge is 0.398 e. The molecule has 0 saturated carbocycles. The van der Waals surface area contributed by atoms with E-state index in [1.165, 1.54) is 0 Å². The molecule has 2 aromatic rings. The van der Waals surface area contributed by atoms with E-state index >= 15 is 0 Å². The van der Waals surface area contributed by atoms with Crippen molar-refractivity contribution in [3.8, 4) is 0 Å². The van der Waals surface area contributed by atoms with Crippen LogP contribution in [-0.4, -0.2) is 4.98 Å². The minimum atomic E-state index is 0.389. The van der Waals surface area contributed by atoms with Crippen LogP contribution in [0.25, 0.3) is 0 Å².